The number of benzene rings is 1. The van der Waals surface area contributed by atoms with Gasteiger partial charge in [0, 0.05) is 10.3 Å². The highest BCUT2D eigenvalue weighted by Gasteiger charge is 2.33. The van der Waals surface area contributed by atoms with E-state index in [0.717, 1.165) is 5.56 Å². The molecule has 1 aromatic carbocycles. The van der Waals surface area contributed by atoms with Gasteiger partial charge in [0.05, 0.1) is 6.04 Å². The highest BCUT2D eigenvalue weighted by molar-refractivity contribution is 7.10. The zero-order valence-corrected chi connectivity index (χ0v) is 12.2. The van der Waals surface area contributed by atoms with Gasteiger partial charge in [0.25, 0.3) is 0 Å². The number of aryl methyl sites for hydroxylation is 1. The molecule has 19 heavy (non-hydrogen) atoms. The summed E-state index contributed by atoms with van der Waals surface area (Å²) in [5.41, 5.74) is 4.98. The van der Waals surface area contributed by atoms with Crippen LogP contribution in [0.15, 0.2) is 35.7 Å². The van der Waals surface area contributed by atoms with E-state index in [0.29, 0.717) is 0 Å². The Morgan fingerprint density at radius 3 is 2.32 bits per heavy atom. The lowest BCUT2D eigenvalue weighted by Crippen LogP contribution is -2.40. The molecule has 0 spiro atoms. The Morgan fingerprint density at radius 2 is 1.84 bits per heavy atom. The van der Waals surface area contributed by atoms with Crippen LogP contribution >= 0.6 is 11.3 Å². The van der Waals surface area contributed by atoms with Crippen molar-refractivity contribution in [1.82, 2.24) is 5.43 Å². The van der Waals surface area contributed by atoms with Gasteiger partial charge in [0.1, 0.15) is 5.82 Å². The molecule has 0 saturated heterocycles. The molecule has 0 aliphatic heterocycles. The maximum Gasteiger partial charge on any atom is 0.123 e. The van der Waals surface area contributed by atoms with Crippen LogP contribution in [0.25, 0.3) is 0 Å². The molecule has 2 aromatic rings. The summed E-state index contributed by atoms with van der Waals surface area (Å²) in [7, 11) is 0. The lowest BCUT2D eigenvalue weighted by atomic mass is 9.77. The summed E-state index contributed by atoms with van der Waals surface area (Å²) in [6.45, 7) is 6.31. The summed E-state index contributed by atoms with van der Waals surface area (Å²) in [6.07, 6.45) is 0. The van der Waals surface area contributed by atoms with E-state index < -0.39 is 0 Å². The van der Waals surface area contributed by atoms with Crippen molar-refractivity contribution < 1.29 is 4.39 Å². The Hall–Kier alpha value is -1.23. The van der Waals surface area contributed by atoms with Crippen molar-refractivity contribution in [3.8, 4) is 0 Å². The van der Waals surface area contributed by atoms with Gasteiger partial charge in [-0.25, -0.2) is 4.39 Å². The van der Waals surface area contributed by atoms with Gasteiger partial charge in [-0.1, -0.05) is 26.0 Å². The average Bonchev–Trinajstić information content (AvgIpc) is 2.77. The normalized spacial score (nSPS) is 13.5. The Balaban J connectivity index is 2.41. The number of halogens is 1. The molecule has 1 heterocycles. The van der Waals surface area contributed by atoms with Crippen LogP contribution in [-0.2, 0) is 5.41 Å². The van der Waals surface area contributed by atoms with Gasteiger partial charge in [-0.15, -0.1) is 11.3 Å². The Morgan fingerprint density at radius 1 is 1.21 bits per heavy atom. The molecule has 4 heteroatoms. The monoisotopic (exact) mass is 278 g/mol. The summed E-state index contributed by atoms with van der Waals surface area (Å²) in [5.74, 6) is 5.55. The van der Waals surface area contributed by atoms with Crippen molar-refractivity contribution in [3.05, 3.63) is 57.5 Å². The van der Waals surface area contributed by atoms with Crippen LogP contribution in [0.3, 0.4) is 0 Å². The lowest BCUT2D eigenvalue weighted by molar-refractivity contribution is 0.356. The SMILES string of the molecule is Cc1ccsc1C(NN)C(C)(C)c1ccc(F)cc1. The van der Waals surface area contributed by atoms with E-state index in [-0.39, 0.29) is 17.3 Å². The molecule has 3 N–H and O–H groups in total. The number of hydrogen-bond acceptors (Lipinski definition) is 3. The minimum atomic E-state index is -0.224. The van der Waals surface area contributed by atoms with Crippen molar-refractivity contribution >= 4 is 11.3 Å². The van der Waals surface area contributed by atoms with Crippen LogP contribution in [-0.4, -0.2) is 0 Å². The quantitative estimate of drug-likeness (QED) is 0.661. The number of rotatable bonds is 4. The minimum Gasteiger partial charge on any atom is -0.271 e. The fourth-order valence-electron chi connectivity index (χ4n) is 2.34. The molecule has 0 bridgehead atoms. The van der Waals surface area contributed by atoms with E-state index in [1.807, 2.05) is 12.1 Å². The Labute approximate surface area is 117 Å². The predicted octanol–water partition coefficient (Wildman–Crippen LogP) is 3.68. The third-order valence-corrected chi connectivity index (χ3v) is 4.72. The molecule has 1 unspecified atom stereocenters. The molecule has 0 amide bonds. The van der Waals surface area contributed by atoms with Crippen molar-refractivity contribution in [2.75, 3.05) is 0 Å². The fourth-order valence-corrected chi connectivity index (χ4v) is 3.51. The molecular formula is C15H19FN2S. The van der Waals surface area contributed by atoms with E-state index in [9.17, 15) is 4.39 Å². The second-order valence-corrected chi connectivity index (χ2v) is 6.24. The first-order chi connectivity index (χ1) is 8.96. The molecule has 1 atom stereocenters. The van der Waals surface area contributed by atoms with Gasteiger partial charge in [-0.2, -0.15) is 0 Å². The summed E-state index contributed by atoms with van der Waals surface area (Å²) in [6, 6.07) is 8.71. The largest absolute Gasteiger partial charge is 0.271 e. The number of nitrogens with one attached hydrogen (secondary N) is 1. The van der Waals surface area contributed by atoms with Crippen molar-refractivity contribution in [2.45, 2.75) is 32.2 Å². The highest BCUT2D eigenvalue weighted by Crippen LogP contribution is 2.39. The Kier molecular flexibility index (Phi) is 4.04. The van der Waals surface area contributed by atoms with Gasteiger partial charge < -0.3 is 0 Å². The number of nitrogens with two attached hydrogens (primary N) is 1. The second-order valence-electron chi connectivity index (χ2n) is 5.30. The third-order valence-electron chi connectivity index (χ3n) is 3.64. The molecule has 102 valence electrons. The number of thiophene rings is 1. The fraction of sp³-hybridized carbons (Fsp3) is 0.333. The molecule has 0 fully saturated rings. The van der Waals surface area contributed by atoms with E-state index in [2.05, 4.69) is 37.6 Å². The van der Waals surface area contributed by atoms with Gasteiger partial charge in [-0.05, 0) is 41.6 Å². The number of hydrazine groups is 1. The lowest BCUT2D eigenvalue weighted by Gasteiger charge is -2.34. The van der Waals surface area contributed by atoms with Crippen molar-refractivity contribution in [2.24, 2.45) is 5.84 Å². The van der Waals surface area contributed by atoms with Crippen LogP contribution in [0, 0.1) is 12.7 Å². The molecule has 0 aliphatic rings. The molecule has 0 radical (unpaired) electrons. The topological polar surface area (TPSA) is 38.0 Å². The maximum atomic E-state index is 13.1. The van der Waals surface area contributed by atoms with Crippen LogP contribution in [0.4, 0.5) is 4.39 Å². The zero-order valence-electron chi connectivity index (χ0n) is 11.4. The predicted molar refractivity (Wildman–Crippen MR) is 78.5 cm³/mol. The van der Waals surface area contributed by atoms with Gasteiger partial charge >= 0.3 is 0 Å². The second kappa shape index (κ2) is 5.41. The summed E-state index contributed by atoms with van der Waals surface area (Å²) in [5, 5.41) is 2.07. The molecular weight excluding hydrogens is 259 g/mol. The van der Waals surface area contributed by atoms with Crippen LogP contribution in [0.2, 0.25) is 0 Å². The van der Waals surface area contributed by atoms with E-state index in [1.54, 1.807) is 11.3 Å². The summed E-state index contributed by atoms with van der Waals surface area (Å²) >= 11 is 1.69. The molecule has 2 nitrogen and oxygen atoms in total. The summed E-state index contributed by atoms with van der Waals surface area (Å²) < 4.78 is 13.1. The Bertz CT molecular complexity index is 546. The molecule has 0 saturated carbocycles. The minimum absolute atomic E-state index is 0.00189. The van der Waals surface area contributed by atoms with Crippen LogP contribution in [0.5, 0.6) is 0 Å². The van der Waals surface area contributed by atoms with E-state index in [4.69, 9.17) is 5.84 Å². The van der Waals surface area contributed by atoms with Crippen LogP contribution in [0.1, 0.15) is 35.9 Å². The molecule has 2 rings (SSSR count). The first kappa shape index (κ1) is 14.2. The zero-order chi connectivity index (χ0) is 14.0. The standard InChI is InChI=1S/C15H19FN2S/c1-10-8-9-19-13(10)14(18-17)15(2,3)11-4-6-12(16)7-5-11/h4-9,14,18H,17H2,1-3H3. The first-order valence-corrected chi connectivity index (χ1v) is 7.11. The average molecular weight is 278 g/mol. The highest BCUT2D eigenvalue weighted by atomic mass is 32.1. The van der Waals surface area contributed by atoms with Gasteiger partial charge in [0.2, 0.25) is 0 Å². The smallest absolute Gasteiger partial charge is 0.123 e. The van der Waals surface area contributed by atoms with E-state index in [1.165, 1.54) is 22.6 Å². The van der Waals surface area contributed by atoms with Crippen LogP contribution < -0.4 is 11.3 Å². The van der Waals surface area contributed by atoms with Gasteiger partial charge in [-0.3, -0.25) is 11.3 Å². The van der Waals surface area contributed by atoms with Crippen molar-refractivity contribution in [3.63, 3.8) is 0 Å². The third kappa shape index (κ3) is 2.71. The summed E-state index contributed by atoms with van der Waals surface area (Å²) in [4.78, 5) is 1.22. The first-order valence-electron chi connectivity index (χ1n) is 6.23. The molecule has 1 aromatic heterocycles. The van der Waals surface area contributed by atoms with E-state index >= 15 is 0 Å². The maximum absolute atomic E-state index is 13.1. The van der Waals surface area contributed by atoms with Crippen molar-refractivity contribution in [1.29, 1.82) is 0 Å². The number of hydrogen-bond donors (Lipinski definition) is 2. The molecule has 0 aliphatic carbocycles. The van der Waals surface area contributed by atoms with Gasteiger partial charge in [0.15, 0.2) is 0 Å².